The predicted octanol–water partition coefficient (Wildman–Crippen LogP) is 16.0. The first-order chi connectivity index (χ1) is 32.9. The zero-order chi connectivity index (χ0) is 50.1. The van der Waals surface area contributed by atoms with Gasteiger partial charge in [0.2, 0.25) is 5.91 Å². The number of hydrogen-bond acceptors (Lipinski definition) is 6. The van der Waals surface area contributed by atoms with Crippen LogP contribution in [0, 0.1) is 0 Å². The molecule has 0 bridgehead atoms. The lowest BCUT2D eigenvalue weighted by Gasteiger charge is -2.27. The average Bonchev–Trinajstić information content (AvgIpc) is 3.29. The van der Waals surface area contributed by atoms with Gasteiger partial charge in [-0.3, -0.25) is 18.6 Å². The molecule has 3 atom stereocenters. The lowest BCUT2D eigenvalue weighted by molar-refractivity contribution is -0.870. The molecule has 2 N–H and O–H groups in total. The minimum absolute atomic E-state index is 0.0239. The second-order valence-electron chi connectivity index (χ2n) is 19.2. The molecule has 68 heavy (non-hydrogen) atoms. The summed E-state index contributed by atoms with van der Waals surface area (Å²) in [5, 5.41) is 3.01. The molecule has 9 nitrogen and oxygen atoms in total. The predicted molar refractivity (Wildman–Crippen MR) is 290 cm³/mol. The molecule has 0 aliphatic heterocycles. The van der Waals surface area contributed by atoms with Gasteiger partial charge in [-0.15, -0.1) is 0 Å². The Morgan fingerprint density at radius 3 is 1.46 bits per heavy atom. The summed E-state index contributed by atoms with van der Waals surface area (Å²) in [7, 11) is 1.44. The molecule has 0 saturated heterocycles. The number of phosphoric ester groups is 1. The van der Waals surface area contributed by atoms with E-state index in [1.807, 2.05) is 94.1 Å². The maximum Gasteiger partial charge on any atom is 0.472 e. The number of hydrogen-bond donors (Lipinski definition) is 2. The number of amides is 1. The normalized spacial score (nSPS) is 14.6. The standard InChI is InChI=1S/C58H101N2O7P/c1-7-10-13-16-19-22-25-27-29-30-31-32-35-38-41-44-47-50-57(61)59-55(54-66-68(63,64)65-53-52-60(4,5)6)56(49-46-43-40-37-34-24-21-18-15-12-9-3)67-58(62)51-48-45-42-39-36-33-28-26-23-20-17-14-11-8-2/h10,13,16,19,22,25,27,29-33,35-36,46,49,55-56H,7-9,11-12,14-15,17-18,20-21,23-24,26,28,34,37-45,47-48,50-54H2,1-6H3,(H-,59,61,63,64)/p+1/b13-10-,19-16+,25-22+,29-27-,31-30+,35-32+,36-33-,49-46+. The van der Waals surface area contributed by atoms with Crippen LogP contribution in [0.2, 0.25) is 0 Å². The third kappa shape index (κ3) is 48.0. The van der Waals surface area contributed by atoms with Crippen LogP contribution in [0.5, 0.6) is 0 Å². The number of nitrogens with zero attached hydrogens (tertiary/aromatic N) is 1. The van der Waals surface area contributed by atoms with Crippen molar-refractivity contribution in [2.45, 2.75) is 219 Å². The lowest BCUT2D eigenvalue weighted by atomic mass is 10.1. The van der Waals surface area contributed by atoms with Gasteiger partial charge >= 0.3 is 13.8 Å². The second-order valence-corrected chi connectivity index (χ2v) is 20.6. The van der Waals surface area contributed by atoms with Gasteiger partial charge in [0.15, 0.2) is 0 Å². The van der Waals surface area contributed by atoms with Gasteiger partial charge in [-0.25, -0.2) is 4.57 Å². The molecule has 0 aromatic carbocycles. The molecule has 0 aromatic rings. The first kappa shape index (κ1) is 64.9. The van der Waals surface area contributed by atoms with Crippen molar-refractivity contribution in [3.8, 4) is 0 Å². The van der Waals surface area contributed by atoms with Crippen molar-refractivity contribution in [3.05, 3.63) is 97.2 Å². The Bertz CT molecular complexity index is 1490. The molecule has 0 aliphatic carbocycles. The topological polar surface area (TPSA) is 111 Å². The van der Waals surface area contributed by atoms with Crippen molar-refractivity contribution in [1.29, 1.82) is 0 Å². The summed E-state index contributed by atoms with van der Waals surface area (Å²) >= 11 is 0. The largest absolute Gasteiger partial charge is 0.472 e. The number of rotatable bonds is 47. The first-order valence-electron chi connectivity index (χ1n) is 27.1. The van der Waals surface area contributed by atoms with Crippen LogP contribution >= 0.6 is 7.82 Å². The van der Waals surface area contributed by atoms with Gasteiger partial charge in [0.05, 0.1) is 33.8 Å². The molecule has 0 aliphatic rings. The quantitative estimate of drug-likeness (QED) is 0.0156. The first-order valence-corrected chi connectivity index (χ1v) is 28.6. The molecule has 1 amide bonds. The maximum absolute atomic E-state index is 13.4. The Hall–Kier alpha value is -3.07. The SMILES string of the molecule is CC\C=C/C=C/C=C/C=C\C=C\C=C\CCCCCC(=O)NC(COP(=O)(O)OCC[N+](C)(C)C)C(/C=C/CCCCCCCCCCC)OC(=O)CCCCC/C=C\CCCCCCCCC. The number of allylic oxidation sites excluding steroid dienone is 15. The van der Waals surface area contributed by atoms with E-state index in [1.165, 1.54) is 89.9 Å². The van der Waals surface area contributed by atoms with Gasteiger partial charge in [-0.1, -0.05) is 215 Å². The molecule has 3 unspecified atom stereocenters. The molecule has 0 saturated carbocycles. The summed E-state index contributed by atoms with van der Waals surface area (Å²) < 4.78 is 30.5. The second kappa shape index (κ2) is 47.6. The Labute approximate surface area is 418 Å². The molecular weight excluding hydrogens is 868 g/mol. The Balaban J connectivity index is 5.50. The Morgan fingerprint density at radius 1 is 0.529 bits per heavy atom. The van der Waals surface area contributed by atoms with Gasteiger partial charge in [0.1, 0.15) is 19.3 Å². The van der Waals surface area contributed by atoms with Gasteiger partial charge in [-0.2, -0.15) is 0 Å². The van der Waals surface area contributed by atoms with Crippen molar-refractivity contribution >= 4 is 19.7 Å². The number of carbonyl (C=O) groups excluding carboxylic acids is 2. The van der Waals surface area contributed by atoms with E-state index >= 15 is 0 Å². The number of carbonyl (C=O) groups is 2. The fraction of sp³-hybridized carbons (Fsp3) is 0.690. The van der Waals surface area contributed by atoms with Crippen LogP contribution in [0.15, 0.2) is 97.2 Å². The van der Waals surface area contributed by atoms with Gasteiger partial charge in [-0.05, 0) is 76.7 Å². The van der Waals surface area contributed by atoms with Crippen molar-refractivity contribution in [2.75, 3.05) is 40.9 Å². The van der Waals surface area contributed by atoms with Gasteiger partial charge < -0.3 is 19.4 Å². The van der Waals surface area contributed by atoms with Crippen LogP contribution in [0.1, 0.15) is 207 Å². The summed E-state index contributed by atoms with van der Waals surface area (Å²) in [6, 6.07) is -0.881. The maximum atomic E-state index is 13.4. The van der Waals surface area contributed by atoms with E-state index in [1.54, 1.807) is 0 Å². The number of phosphoric acid groups is 1. The van der Waals surface area contributed by atoms with Crippen molar-refractivity contribution < 1.29 is 37.3 Å². The molecular formula is C58H102N2O7P+. The van der Waals surface area contributed by atoms with Crippen molar-refractivity contribution in [1.82, 2.24) is 5.32 Å². The smallest absolute Gasteiger partial charge is 0.456 e. The molecule has 0 rings (SSSR count). The molecule has 0 heterocycles. The molecule has 0 aromatic heterocycles. The third-order valence-corrected chi connectivity index (χ3v) is 12.4. The highest BCUT2D eigenvalue weighted by atomic mass is 31.2. The van der Waals surface area contributed by atoms with E-state index in [0.29, 0.717) is 23.9 Å². The summed E-state index contributed by atoms with van der Waals surface area (Å²) in [4.78, 5) is 37.5. The van der Waals surface area contributed by atoms with Crippen LogP contribution in [0.3, 0.4) is 0 Å². The number of nitrogens with one attached hydrogen (secondary N) is 1. The van der Waals surface area contributed by atoms with Crippen LogP contribution < -0.4 is 5.32 Å². The molecule has 10 heteroatoms. The van der Waals surface area contributed by atoms with Crippen LogP contribution in [0.25, 0.3) is 0 Å². The van der Waals surface area contributed by atoms with Crippen molar-refractivity contribution in [3.63, 3.8) is 0 Å². The molecule has 390 valence electrons. The number of ether oxygens (including phenoxy) is 1. The highest BCUT2D eigenvalue weighted by Crippen LogP contribution is 2.43. The Kier molecular flexibility index (Phi) is 45.5. The van der Waals surface area contributed by atoms with E-state index < -0.39 is 20.0 Å². The highest BCUT2D eigenvalue weighted by Gasteiger charge is 2.30. The monoisotopic (exact) mass is 970 g/mol. The third-order valence-electron chi connectivity index (χ3n) is 11.4. The average molecular weight is 970 g/mol. The zero-order valence-electron chi connectivity index (χ0n) is 44.3. The van der Waals surface area contributed by atoms with E-state index in [4.69, 9.17) is 13.8 Å². The summed E-state index contributed by atoms with van der Waals surface area (Å²) in [5.41, 5.74) is 0. The summed E-state index contributed by atoms with van der Waals surface area (Å²) in [6.45, 7) is 6.78. The van der Waals surface area contributed by atoms with Crippen LogP contribution in [-0.4, -0.2) is 74.3 Å². The number of unbranched alkanes of at least 4 members (excludes halogenated alkanes) is 22. The Morgan fingerprint density at radius 2 is 0.956 bits per heavy atom. The number of quaternary nitrogens is 1. The van der Waals surface area contributed by atoms with Crippen LogP contribution in [0.4, 0.5) is 0 Å². The van der Waals surface area contributed by atoms with E-state index in [9.17, 15) is 19.0 Å². The van der Waals surface area contributed by atoms with Gasteiger partial charge in [0.25, 0.3) is 0 Å². The highest BCUT2D eigenvalue weighted by molar-refractivity contribution is 7.47. The van der Waals surface area contributed by atoms with E-state index in [2.05, 4.69) is 50.4 Å². The van der Waals surface area contributed by atoms with E-state index in [0.717, 1.165) is 70.6 Å². The van der Waals surface area contributed by atoms with Gasteiger partial charge in [0, 0.05) is 12.8 Å². The lowest BCUT2D eigenvalue weighted by Crippen LogP contribution is -2.47. The minimum atomic E-state index is -4.46. The van der Waals surface area contributed by atoms with E-state index in [-0.39, 0.29) is 37.9 Å². The minimum Gasteiger partial charge on any atom is -0.456 e. The number of likely N-dealkylation sites (N-methyl/N-ethyl adjacent to an activating group) is 1. The summed E-state index contributed by atoms with van der Waals surface area (Å²) in [6.07, 6.45) is 62.6. The van der Waals surface area contributed by atoms with Crippen molar-refractivity contribution in [2.24, 2.45) is 0 Å². The molecule has 0 fully saturated rings. The van der Waals surface area contributed by atoms with Crippen LogP contribution in [-0.2, 0) is 27.9 Å². The summed E-state index contributed by atoms with van der Waals surface area (Å²) in [5.74, 6) is -0.583. The molecule has 0 radical (unpaired) electrons. The zero-order valence-corrected chi connectivity index (χ0v) is 45.2. The molecule has 0 spiro atoms. The fourth-order valence-corrected chi connectivity index (χ4v) is 7.94. The number of esters is 1. The fourth-order valence-electron chi connectivity index (χ4n) is 7.20.